The molecule has 4 heteroatoms. The lowest BCUT2D eigenvalue weighted by molar-refractivity contribution is -0.136. The van der Waals surface area contributed by atoms with E-state index < -0.39 is 0 Å². The highest BCUT2D eigenvalue weighted by atomic mass is 16.3. The molecule has 0 spiro atoms. The summed E-state index contributed by atoms with van der Waals surface area (Å²) in [4.78, 5) is 14.5. The third-order valence-corrected chi connectivity index (χ3v) is 5.34. The molecule has 1 aliphatic carbocycles. The van der Waals surface area contributed by atoms with E-state index in [4.69, 9.17) is 0 Å². The average molecular weight is 282 g/mol. The second-order valence-electron chi connectivity index (χ2n) is 6.47. The van der Waals surface area contributed by atoms with E-state index in [9.17, 15) is 9.90 Å². The van der Waals surface area contributed by atoms with E-state index in [-0.39, 0.29) is 17.9 Å². The van der Waals surface area contributed by atoms with Gasteiger partial charge < -0.3 is 10.4 Å². The number of carbonyl (C=O) groups is 1. The molecule has 1 saturated carbocycles. The molecule has 1 aliphatic heterocycles. The fourth-order valence-corrected chi connectivity index (χ4v) is 3.57. The van der Waals surface area contributed by atoms with Crippen molar-refractivity contribution in [3.05, 3.63) is 0 Å². The van der Waals surface area contributed by atoms with E-state index in [0.29, 0.717) is 6.04 Å². The van der Waals surface area contributed by atoms with Gasteiger partial charge in [-0.25, -0.2) is 0 Å². The maximum Gasteiger partial charge on any atom is 0.226 e. The third-order valence-electron chi connectivity index (χ3n) is 5.34. The number of hydrogen-bond acceptors (Lipinski definition) is 3. The van der Waals surface area contributed by atoms with Crippen molar-refractivity contribution in [1.29, 1.82) is 0 Å². The van der Waals surface area contributed by atoms with Gasteiger partial charge in [0.15, 0.2) is 0 Å². The van der Waals surface area contributed by atoms with Crippen LogP contribution in [0.5, 0.6) is 0 Å². The number of aliphatic hydroxyl groups is 1. The summed E-state index contributed by atoms with van der Waals surface area (Å²) in [7, 11) is 0. The number of nitrogens with zero attached hydrogens (tertiary/aromatic N) is 1. The summed E-state index contributed by atoms with van der Waals surface area (Å²) >= 11 is 0. The molecule has 1 heterocycles. The van der Waals surface area contributed by atoms with Crippen LogP contribution in [0, 0.1) is 5.41 Å². The molecule has 1 atom stereocenters. The highest BCUT2D eigenvalue weighted by Gasteiger charge is 2.41. The van der Waals surface area contributed by atoms with Crippen molar-refractivity contribution in [2.45, 2.75) is 64.3 Å². The Kier molecular flexibility index (Phi) is 5.85. The minimum absolute atomic E-state index is 0.0308. The molecule has 0 aromatic heterocycles. The molecule has 0 bridgehead atoms. The Bertz CT molecular complexity index is 310. The summed E-state index contributed by atoms with van der Waals surface area (Å²) in [6.45, 7) is 5.39. The van der Waals surface area contributed by atoms with Gasteiger partial charge in [-0.1, -0.05) is 13.3 Å². The van der Waals surface area contributed by atoms with E-state index in [2.05, 4.69) is 17.1 Å². The zero-order valence-electron chi connectivity index (χ0n) is 12.9. The molecule has 0 radical (unpaired) electrons. The normalized spacial score (nSPS) is 25.4. The molecule has 1 saturated heterocycles. The Morgan fingerprint density at radius 2 is 2.15 bits per heavy atom. The topological polar surface area (TPSA) is 52.6 Å². The van der Waals surface area contributed by atoms with Crippen molar-refractivity contribution < 1.29 is 9.90 Å². The maximum absolute atomic E-state index is 12.1. The van der Waals surface area contributed by atoms with Gasteiger partial charge in [0.05, 0.1) is 6.61 Å². The number of rotatable bonds is 8. The largest absolute Gasteiger partial charge is 0.395 e. The molecular formula is C16H30N2O2. The predicted octanol–water partition coefficient (Wildman–Crippen LogP) is 1.92. The van der Waals surface area contributed by atoms with Crippen LogP contribution in [0.4, 0.5) is 0 Å². The predicted molar refractivity (Wildman–Crippen MR) is 80.5 cm³/mol. The van der Waals surface area contributed by atoms with Crippen LogP contribution in [0.15, 0.2) is 0 Å². The standard InChI is InChI=1S/C16H30N2O2/c1-2-16(8-6-9-16)15(20)17-10-3-4-11-18-12-5-7-14(18)13-19/h14,19H,2-13H2,1H3,(H,17,20). The average Bonchev–Trinajstić information content (AvgIpc) is 2.85. The lowest BCUT2D eigenvalue weighted by Gasteiger charge is -2.39. The van der Waals surface area contributed by atoms with Crippen LogP contribution in [0.1, 0.15) is 58.3 Å². The first-order valence-corrected chi connectivity index (χ1v) is 8.35. The molecule has 116 valence electrons. The number of nitrogens with one attached hydrogen (secondary N) is 1. The molecule has 2 aliphatic rings. The quantitative estimate of drug-likeness (QED) is 0.669. The summed E-state index contributed by atoms with van der Waals surface area (Å²) in [5.74, 6) is 0.278. The second-order valence-corrected chi connectivity index (χ2v) is 6.47. The first kappa shape index (κ1) is 15.8. The van der Waals surface area contributed by atoms with Gasteiger partial charge in [0, 0.05) is 18.0 Å². The van der Waals surface area contributed by atoms with Gasteiger partial charge in [0.1, 0.15) is 0 Å². The lowest BCUT2D eigenvalue weighted by Crippen LogP contribution is -2.45. The summed E-state index contributed by atoms with van der Waals surface area (Å²) < 4.78 is 0. The summed E-state index contributed by atoms with van der Waals surface area (Å²) in [6, 6.07) is 0.378. The molecular weight excluding hydrogens is 252 g/mol. The van der Waals surface area contributed by atoms with Crippen molar-refractivity contribution in [3.8, 4) is 0 Å². The van der Waals surface area contributed by atoms with E-state index in [1.165, 1.54) is 12.8 Å². The molecule has 2 rings (SSSR count). The number of aliphatic hydroxyl groups excluding tert-OH is 1. The minimum Gasteiger partial charge on any atom is -0.395 e. The Morgan fingerprint density at radius 3 is 2.75 bits per heavy atom. The van der Waals surface area contributed by atoms with Crippen molar-refractivity contribution in [3.63, 3.8) is 0 Å². The summed E-state index contributed by atoms with van der Waals surface area (Å²) in [5.41, 5.74) is -0.0308. The number of likely N-dealkylation sites (tertiary alicyclic amines) is 1. The second kappa shape index (κ2) is 7.41. The van der Waals surface area contributed by atoms with Crippen molar-refractivity contribution in [2.24, 2.45) is 5.41 Å². The Balaban J connectivity index is 1.56. The fraction of sp³-hybridized carbons (Fsp3) is 0.938. The molecule has 2 fully saturated rings. The monoisotopic (exact) mass is 282 g/mol. The van der Waals surface area contributed by atoms with Crippen molar-refractivity contribution in [1.82, 2.24) is 10.2 Å². The number of unbranched alkanes of at least 4 members (excludes halogenated alkanes) is 1. The van der Waals surface area contributed by atoms with Gasteiger partial charge in [-0.15, -0.1) is 0 Å². The van der Waals surface area contributed by atoms with Crippen LogP contribution in [0.2, 0.25) is 0 Å². The molecule has 2 N–H and O–H groups in total. The number of amides is 1. The van der Waals surface area contributed by atoms with Crippen LogP contribution >= 0.6 is 0 Å². The maximum atomic E-state index is 12.1. The zero-order valence-corrected chi connectivity index (χ0v) is 12.9. The highest BCUT2D eigenvalue weighted by Crippen LogP contribution is 2.43. The number of hydrogen-bond donors (Lipinski definition) is 2. The Labute approximate surface area is 122 Å². The minimum atomic E-state index is -0.0308. The number of carbonyl (C=O) groups excluding carboxylic acids is 1. The van der Waals surface area contributed by atoms with Gasteiger partial charge in [-0.3, -0.25) is 9.69 Å². The molecule has 0 aromatic carbocycles. The van der Waals surface area contributed by atoms with E-state index in [1.807, 2.05) is 0 Å². The van der Waals surface area contributed by atoms with Gasteiger partial charge in [-0.05, 0) is 58.0 Å². The van der Waals surface area contributed by atoms with Crippen LogP contribution < -0.4 is 5.32 Å². The fourth-order valence-electron chi connectivity index (χ4n) is 3.57. The first-order valence-electron chi connectivity index (χ1n) is 8.35. The van der Waals surface area contributed by atoms with E-state index in [0.717, 1.165) is 58.2 Å². The van der Waals surface area contributed by atoms with Crippen molar-refractivity contribution >= 4 is 5.91 Å². The summed E-state index contributed by atoms with van der Waals surface area (Å²) in [5, 5.41) is 12.4. The van der Waals surface area contributed by atoms with Crippen LogP contribution in [0.25, 0.3) is 0 Å². The van der Waals surface area contributed by atoms with Crippen molar-refractivity contribution in [2.75, 3.05) is 26.2 Å². The van der Waals surface area contributed by atoms with Crippen LogP contribution in [-0.2, 0) is 4.79 Å². The van der Waals surface area contributed by atoms with Crippen LogP contribution in [-0.4, -0.2) is 48.2 Å². The van der Waals surface area contributed by atoms with Gasteiger partial charge in [0.2, 0.25) is 5.91 Å². The first-order chi connectivity index (χ1) is 9.72. The molecule has 1 unspecified atom stereocenters. The molecule has 1 amide bonds. The third kappa shape index (κ3) is 3.53. The molecule has 4 nitrogen and oxygen atoms in total. The van der Waals surface area contributed by atoms with Gasteiger partial charge in [0.25, 0.3) is 0 Å². The lowest BCUT2D eigenvalue weighted by atomic mass is 9.66. The van der Waals surface area contributed by atoms with E-state index >= 15 is 0 Å². The summed E-state index contributed by atoms with van der Waals surface area (Å²) in [6.07, 6.45) is 8.81. The molecule has 20 heavy (non-hydrogen) atoms. The zero-order chi connectivity index (χ0) is 14.4. The highest BCUT2D eigenvalue weighted by molar-refractivity contribution is 5.83. The Morgan fingerprint density at radius 1 is 1.35 bits per heavy atom. The van der Waals surface area contributed by atoms with Gasteiger partial charge >= 0.3 is 0 Å². The Hall–Kier alpha value is -0.610. The smallest absolute Gasteiger partial charge is 0.226 e. The SMILES string of the molecule is CCC1(C(=O)NCCCCN2CCCC2CO)CCC1. The van der Waals surface area contributed by atoms with Crippen LogP contribution in [0.3, 0.4) is 0 Å². The van der Waals surface area contributed by atoms with Gasteiger partial charge in [-0.2, -0.15) is 0 Å². The van der Waals surface area contributed by atoms with E-state index in [1.54, 1.807) is 0 Å². The molecule has 0 aromatic rings.